The highest BCUT2D eigenvalue weighted by Gasteiger charge is 2.31. The third-order valence-corrected chi connectivity index (χ3v) is 23.1. The van der Waals surface area contributed by atoms with Crippen LogP contribution in [0.2, 0.25) is 0 Å². The van der Waals surface area contributed by atoms with Crippen molar-refractivity contribution in [3.05, 3.63) is 0 Å². The molecule has 0 amide bonds. The predicted octanol–water partition coefficient (Wildman–Crippen LogP) is 27.3. The number of phosphoric ester groups is 2. The minimum atomic E-state index is -4.97. The van der Waals surface area contributed by atoms with Crippen LogP contribution in [0.4, 0.5) is 0 Å². The van der Waals surface area contributed by atoms with Crippen LogP contribution in [0.25, 0.3) is 0 Å². The molecule has 0 bridgehead atoms. The van der Waals surface area contributed by atoms with Gasteiger partial charge in [0, 0.05) is 25.7 Å². The largest absolute Gasteiger partial charge is 0.472 e. The first kappa shape index (κ1) is 106. The summed E-state index contributed by atoms with van der Waals surface area (Å²) < 4.78 is 69.0. The molecule has 0 saturated heterocycles. The third kappa shape index (κ3) is 80.7. The Labute approximate surface area is 664 Å². The summed E-state index contributed by atoms with van der Waals surface area (Å²) in [6.07, 6.45) is 70.8. The Morgan fingerprint density at radius 2 is 0.472 bits per heavy atom. The van der Waals surface area contributed by atoms with E-state index in [1.165, 1.54) is 283 Å². The number of carbonyl (C=O) groups excluding carboxylic acids is 4. The molecule has 3 unspecified atom stereocenters. The third-order valence-electron chi connectivity index (χ3n) is 21.2. The quantitative estimate of drug-likeness (QED) is 0.0222. The number of aliphatic hydroxyl groups excluding tert-OH is 1. The molecule has 0 aliphatic carbocycles. The Bertz CT molecular complexity index is 2080. The van der Waals surface area contributed by atoms with Crippen molar-refractivity contribution >= 4 is 39.5 Å². The molecule has 0 aromatic rings. The monoisotopic (exact) mass is 1580 g/mol. The van der Waals surface area contributed by atoms with Gasteiger partial charge in [-0.25, -0.2) is 9.13 Å². The second-order valence-corrected chi connectivity index (χ2v) is 36.1. The lowest BCUT2D eigenvalue weighted by Crippen LogP contribution is -2.30. The Morgan fingerprint density at radius 3 is 0.704 bits per heavy atom. The average Bonchev–Trinajstić information content (AvgIpc) is 0.902. The fraction of sp³-hybridized carbons (Fsp3) is 0.955. The van der Waals surface area contributed by atoms with E-state index < -0.39 is 97.5 Å². The van der Waals surface area contributed by atoms with Gasteiger partial charge in [0.15, 0.2) is 12.2 Å². The van der Waals surface area contributed by atoms with Crippen LogP contribution in [0.3, 0.4) is 0 Å². The maximum Gasteiger partial charge on any atom is 0.472 e. The Balaban J connectivity index is 5.25. The number of unbranched alkanes of at least 4 members (excludes halogenated alkanes) is 54. The Morgan fingerprint density at radius 1 is 0.269 bits per heavy atom. The minimum absolute atomic E-state index is 0.107. The molecule has 0 rings (SSSR count). The van der Waals surface area contributed by atoms with Gasteiger partial charge in [0.2, 0.25) is 0 Å². The van der Waals surface area contributed by atoms with Crippen molar-refractivity contribution in [2.75, 3.05) is 39.6 Å². The number of aliphatic hydroxyl groups is 1. The molecule has 0 fully saturated rings. The predicted molar refractivity (Wildman–Crippen MR) is 446 cm³/mol. The summed E-state index contributed by atoms with van der Waals surface area (Å²) in [6.45, 7) is 12.0. The number of phosphoric acid groups is 2. The lowest BCUT2D eigenvalue weighted by atomic mass is 9.99. The average molecular weight is 1580 g/mol. The summed E-state index contributed by atoms with van der Waals surface area (Å²) in [6, 6.07) is 0. The molecule has 642 valence electrons. The van der Waals surface area contributed by atoms with E-state index in [0.29, 0.717) is 25.7 Å². The summed E-state index contributed by atoms with van der Waals surface area (Å²) in [5, 5.41) is 10.7. The summed E-state index contributed by atoms with van der Waals surface area (Å²) in [4.78, 5) is 73.4. The van der Waals surface area contributed by atoms with Gasteiger partial charge in [-0.3, -0.25) is 37.3 Å². The van der Waals surface area contributed by atoms with Crippen LogP contribution >= 0.6 is 15.6 Å². The van der Waals surface area contributed by atoms with E-state index in [4.69, 9.17) is 37.0 Å². The molecular formula is C89H174O17P2. The van der Waals surface area contributed by atoms with E-state index in [2.05, 4.69) is 48.5 Å². The van der Waals surface area contributed by atoms with Gasteiger partial charge in [0.25, 0.3) is 0 Å². The molecule has 19 heteroatoms. The van der Waals surface area contributed by atoms with Gasteiger partial charge in [-0.05, 0) is 43.4 Å². The van der Waals surface area contributed by atoms with Crippen LogP contribution in [-0.4, -0.2) is 96.7 Å². The van der Waals surface area contributed by atoms with Gasteiger partial charge in [-0.15, -0.1) is 0 Å². The first-order valence-corrected chi connectivity index (χ1v) is 48.9. The van der Waals surface area contributed by atoms with Gasteiger partial charge in [-0.2, -0.15) is 0 Å². The molecular weight excluding hydrogens is 1400 g/mol. The molecule has 6 atom stereocenters. The summed E-state index contributed by atoms with van der Waals surface area (Å²) in [7, 11) is -9.93. The van der Waals surface area contributed by atoms with E-state index >= 15 is 0 Å². The second kappa shape index (κ2) is 78.9. The topological polar surface area (TPSA) is 237 Å². The molecule has 0 heterocycles. The van der Waals surface area contributed by atoms with Crippen molar-refractivity contribution in [2.45, 2.75) is 491 Å². The fourth-order valence-corrected chi connectivity index (χ4v) is 15.4. The van der Waals surface area contributed by atoms with Crippen molar-refractivity contribution < 1.29 is 80.2 Å². The molecule has 0 aromatic carbocycles. The highest BCUT2D eigenvalue weighted by atomic mass is 31.2. The van der Waals surface area contributed by atoms with Crippen LogP contribution in [0, 0.1) is 17.8 Å². The lowest BCUT2D eigenvalue weighted by molar-refractivity contribution is -0.161. The number of hydrogen-bond acceptors (Lipinski definition) is 15. The molecule has 3 N–H and O–H groups in total. The molecule has 0 aromatic heterocycles. The number of carbonyl (C=O) groups is 4. The maximum atomic E-state index is 13.2. The van der Waals surface area contributed by atoms with Gasteiger partial charge >= 0.3 is 39.5 Å². The van der Waals surface area contributed by atoms with E-state index in [1.807, 2.05) is 0 Å². The van der Waals surface area contributed by atoms with Crippen molar-refractivity contribution in [2.24, 2.45) is 17.8 Å². The van der Waals surface area contributed by atoms with Gasteiger partial charge < -0.3 is 33.8 Å². The molecule has 0 aliphatic heterocycles. The number of ether oxygens (including phenoxy) is 4. The van der Waals surface area contributed by atoms with E-state index in [9.17, 15) is 43.2 Å². The van der Waals surface area contributed by atoms with Crippen LogP contribution in [0.1, 0.15) is 472 Å². The highest BCUT2D eigenvalue weighted by Crippen LogP contribution is 2.45. The highest BCUT2D eigenvalue weighted by molar-refractivity contribution is 7.47. The summed E-state index contributed by atoms with van der Waals surface area (Å²) in [5.74, 6) is 0.279. The zero-order chi connectivity index (χ0) is 79.3. The number of rotatable bonds is 87. The normalized spacial score (nSPS) is 14.1. The first-order valence-electron chi connectivity index (χ1n) is 45.9. The van der Waals surface area contributed by atoms with Crippen LogP contribution in [0.5, 0.6) is 0 Å². The second-order valence-electron chi connectivity index (χ2n) is 33.2. The number of hydrogen-bond donors (Lipinski definition) is 3. The zero-order valence-electron chi connectivity index (χ0n) is 71.3. The van der Waals surface area contributed by atoms with Crippen molar-refractivity contribution in [3.8, 4) is 0 Å². The van der Waals surface area contributed by atoms with Gasteiger partial charge in [0.1, 0.15) is 19.3 Å². The minimum Gasteiger partial charge on any atom is -0.462 e. The fourth-order valence-electron chi connectivity index (χ4n) is 13.9. The summed E-state index contributed by atoms with van der Waals surface area (Å²) in [5.41, 5.74) is 0. The van der Waals surface area contributed by atoms with Crippen LogP contribution in [0.15, 0.2) is 0 Å². The smallest absolute Gasteiger partial charge is 0.462 e. The molecule has 17 nitrogen and oxygen atoms in total. The first-order chi connectivity index (χ1) is 52.3. The van der Waals surface area contributed by atoms with E-state index in [0.717, 1.165) is 108 Å². The lowest BCUT2D eigenvalue weighted by Gasteiger charge is -2.21. The maximum absolute atomic E-state index is 13.2. The van der Waals surface area contributed by atoms with Gasteiger partial charge in [-0.1, -0.05) is 421 Å². The zero-order valence-corrected chi connectivity index (χ0v) is 73.1. The standard InChI is InChI=1S/C89H174O17P2/c1-8-10-11-12-13-14-15-16-17-18-19-20-21-22-23-24-31-36-43-51-58-65-72-88(93)105-84(76-99-86(91)70-63-56-49-42-35-30-26-25-29-34-41-48-55-62-69-82(7)9-2)78-103-107(95,96)101-74-83(90)75-102-108(97,98)104-79-85(77-100-87(92)71-64-57-50-45-38-40-47-54-61-68-81(5)6)106-89(94)73-66-59-52-44-37-32-27-28-33-39-46-53-60-67-80(3)4/h80-85,90H,8-79H2,1-7H3,(H,95,96)(H,97,98)/t82?,83-,84-,85-/m1/s1. The van der Waals surface area contributed by atoms with Crippen LogP contribution < -0.4 is 0 Å². The van der Waals surface area contributed by atoms with Crippen molar-refractivity contribution in [1.29, 1.82) is 0 Å². The summed E-state index contributed by atoms with van der Waals surface area (Å²) >= 11 is 0. The Kier molecular flexibility index (Phi) is 77.5. The van der Waals surface area contributed by atoms with Crippen molar-refractivity contribution in [3.63, 3.8) is 0 Å². The van der Waals surface area contributed by atoms with E-state index in [1.54, 1.807) is 0 Å². The number of esters is 4. The molecule has 0 spiro atoms. The van der Waals surface area contributed by atoms with Crippen molar-refractivity contribution in [1.82, 2.24) is 0 Å². The Hall–Kier alpha value is -1.94. The van der Waals surface area contributed by atoms with Gasteiger partial charge in [0.05, 0.1) is 26.4 Å². The van der Waals surface area contributed by atoms with E-state index in [-0.39, 0.29) is 25.7 Å². The molecule has 0 saturated carbocycles. The molecule has 0 aliphatic rings. The molecule has 0 radical (unpaired) electrons. The molecule has 108 heavy (non-hydrogen) atoms. The van der Waals surface area contributed by atoms with Crippen LogP contribution in [-0.2, 0) is 65.4 Å². The SMILES string of the molecule is CCCCCCCCCCCCCCCCCCCCCCCCC(=O)O[C@H](COC(=O)CCCCCCCCCCCCCCCCC(C)CC)COP(=O)(O)OC[C@@H](O)COP(=O)(O)OC[C@@H](COC(=O)CCCCCCCCCCCC(C)C)OC(=O)CCCCCCCCCCCCCCCC(C)C.